The van der Waals surface area contributed by atoms with E-state index in [1.165, 1.54) is 18.2 Å². The number of benzene rings is 2. The van der Waals surface area contributed by atoms with Gasteiger partial charge in [-0.25, -0.2) is 4.39 Å². The average molecular weight is 389 g/mol. The minimum atomic E-state index is -0.418. The molecule has 0 spiro atoms. The van der Waals surface area contributed by atoms with Gasteiger partial charge in [0, 0.05) is 11.8 Å². The minimum absolute atomic E-state index is 0.0505. The van der Waals surface area contributed by atoms with Crippen molar-refractivity contribution in [3.8, 4) is 11.5 Å². The van der Waals surface area contributed by atoms with Crippen LogP contribution >= 0.6 is 11.8 Å². The van der Waals surface area contributed by atoms with Crippen LogP contribution in [0.2, 0.25) is 0 Å². The van der Waals surface area contributed by atoms with E-state index >= 15 is 0 Å². The number of ether oxygens (including phenoxy) is 2. The molecule has 27 heavy (non-hydrogen) atoms. The number of nitrogens with zero attached hydrogens (tertiary/aromatic N) is 2. The number of thioether (sulfide) groups is 1. The molecule has 0 aliphatic rings. The third-order valence-corrected chi connectivity index (χ3v) is 4.11. The largest absolute Gasteiger partial charge is 0.497 e. The highest BCUT2D eigenvalue weighted by molar-refractivity contribution is 7.99. The van der Waals surface area contributed by atoms with Crippen molar-refractivity contribution >= 4 is 23.4 Å². The van der Waals surface area contributed by atoms with Gasteiger partial charge < -0.3 is 19.2 Å². The molecule has 1 aromatic heterocycles. The summed E-state index contributed by atoms with van der Waals surface area (Å²) in [6, 6.07) is 12.8. The average Bonchev–Trinajstić information content (AvgIpc) is 3.13. The predicted molar refractivity (Wildman–Crippen MR) is 97.4 cm³/mol. The molecule has 0 fully saturated rings. The summed E-state index contributed by atoms with van der Waals surface area (Å²) in [5.41, 5.74) is 0.388. The van der Waals surface area contributed by atoms with Gasteiger partial charge in [-0.2, -0.15) is 0 Å². The normalized spacial score (nSPS) is 10.4. The third-order valence-electron chi connectivity index (χ3n) is 3.29. The van der Waals surface area contributed by atoms with E-state index in [1.807, 2.05) is 6.07 Å². The maximum Gasteiger partial charge on any atom is 0.277 e. The molecule has 1 amide bonds. The van der Waals surface area contributed by atoms with Crippen LogP contribution in [0.3, 0.4) is 0 Å². The molecule has 0 atom stereocenters. The zero-order valence-electron chi connectivity index (χ0n) is 14.3. The quantitative estimate of drug-likeness (QED) is 0.590. The minimum Gasteiger partial charge on any atom is -0.497 e. The Balaban J connectivity index is 1.46. The fraction of sp³-hybridized carbons (Fsp3) is 0.167. The lowest BCUT2D eigenvalue weighted by molar-refractivity contribution is -0.113. The molecule has 0 saturated heterocycles. The second-order valence-corrected chi connectivity index (χ2v) is 6.20. The van der Waals surface area contributed by atoms with Gasteiger partial charge in [-0.1, -0.05) is 23.9 Å². The van der Waals surface area contributed by atoms with Crippen molar-refractivity contribution in [2.45, 2.75) is 11.8 Å². The molecule has 1 N–H and O–H groups in total. The second-order valence-electron chi connectivity index (χ2n) is 5.28. The molecule has 7 nitrogen and oxygen atoms in total. The molecule has 0 bridgehead atoms. The van der Waals surface area contributed by atoms with Gasteiger partial charge in [0.2, 0.25) is 5.91 Å². The molecule has 2 aromatic carbocycles. The van der Waals surface area contributed by atoms with E-state index in [-0.39, 0.29) is 29.4 Å². The highest BCUT2D eigenvalue weighted by Crippen LogP contribution is 2.21. The van der Waals surface area contributed by atoms with Gasteiger partial charge >= 0.3 is 0 Å². The molecule has 140 valence electrons. The number of aromatic nitrogens is 2. The number of nitrogens with one attached hydrogen (secondary N) is 1. The van der Waals surface area contributed by atoms with Gasteiger partial charge in [0.1, 0.15) is 17.3 Å². The zero-order chi connectivity index (χ0) is 19.1. The summed E-state index contributed by atoms with van der Waals surface area (Å²) < 4.78 is 29.2. The molecule has 0 saturated carbocycles. The van der Waals surface area contributed by atoms with Crippen LogP contribution < -0.4 is 14.8 Å². The van der Waals surface area contributed by atoms with Crippen LogP contribution in [-0.2, 0) is 11.4 Å². The number of amides is 1. The molecule has 3 rings (SSSR count). The molecule has 0 aliphatic carbocycles. The number of carbonyl (C=O) groups excluding carboxylic acids is 1. The lowest BCUT2D eigenvalue weighted by atomic mass is 10.3. The van der Waals surface area contributed by atoms with E-state index < -0.39 is 5.82 Å². The first kappa shape index (κ1) is 18.7. The van der Waals surface area contributed by atoms with Gasteiger partial charge in [0.25, 0.3) is 11.1 Å². The Labute approximate surface area is 158 Å². The van der Waals surface area contributed by atoms with E-state index in [0.717, 1.165) is 11.8 Å². The molecular formula is C18H16FN3O4S. The number of hydrogen-bond acceptors (Lipinski definition) is 7. The van der Waals surface area contributed by atoms with Crippen LogP contribution in [0.4, 0.5) is 10.1 Å². The molecule has 0 unspecified atom stereocenters. The van der Waals surface area contributed by atoms with E-state index in [4.69, 9.17) is 13.9 Å². The Kier molecular flexibility index (Phi) is 6.26. The van der Waals surface area contributed by atoms with Crippen molar-refractivity contribution in [1.29, 1.82) is 0 Å². The summed E-state index contributed by atoms with van der Waals surface area (Å²) in [7, 11) is 1.57. The summed E-state index contributed by atoms with van der Waals surface area (Å²) in [6.45, 7) is 0.0935. The SMILES string of the molecule is COc1cccc(OCc2nnc(SCC(=O)Nc3cccc(F)c3)o2)c1. The van der Waals surface area contributed by atoms with Crippen LogP contribution in [0.1, 0.15) is 5.89 Å². The van der Waals surface area contributed by atoms with Crippen LogP contribution in [0.25, 0.3) is 0 Å². The van der Waals surface area contributed by atoms with Gasteiger partial charge in [0.15, 0.2) is 6.61 Å². The maximum absolute atomic E-state index is 13.1. The van der Waals surface area contributed by atoms with Gasteiger partial charge in [-0.05, 0) is 30.3 Å². The number of methoxy groups -OCH3 is 1. The van der Waals surface area contributed by atoms with Crippen molar-refractivity contribution in [1.82, 2.24) is 10.2 Å². The first-order valence-corrected chi connectivity index (χ1v) is 8.88. The topological polar surface area (TPSA) is 86.5 Å². The number of halogens is 1. The molecule has 0 radical (unpaired) electrons. The molecule has 9 heteroatoms. The molecule has 3 aromatic rings. The Morgan fingerprint density at radius 3 is 2.81 bits per heavy atom. The van der Waals surface area contributed by atoms with Crippen LogP contribution in [0.15, 0.2) is 58.2 Å². The highest BCUT2D eigenvalue weighted by Gasteiger charge is 2.11. The third kappa shape index (κ3) is 5.71. The second kappa shape index (κ2) is 9.04. The summed E-state index contributed by atoms with van der Waals surface area (Å²) in [6.07, 6.45) is 0. The standard InChI is InChI=1S/C18H16FN3O4S/c1-24-14-6-3-7-15(9-14)25-10-17-21-22-18(26-17)27-11-16(23)20-13-5-2-4-12(19)8-13/h2-9H,10-11H2,1H3,(H,20,23). The number of carbonyl (C=O) groups is 1. The van der Waals surface area contributed by atoms with E-state index in [0.29, 0.717) is 17.2 Å². The monoisotopic (exact) mass is 389 g/mol. The van der Waals surface area contributed by atoms with Gasteiger partial charge in [-0.3, -0.25) is 4.79 Å². The van der Waals surface area contributed by atoms with E-state index in [9.17, 15) is 9.18 Å². The number of hydrogen-bond donors (Lipinski definition) is 1. The smallest absolute Gasteiger partial charge is 0.277 e. The van der Waals surface area contributed by atoms with Crippen molar-refractivity contribution in [2.24, 2.45) is 0 Å². The van der Waals surface area contributed by atoms with Crippen LogP contribution in [0.5, 0.6) is 11.5 Å². The van der Waals surface area contributed by atoms with Crippen LogP contribution in [0, 0.1) is 5.82 Å². The lowest BCUT2D eigenvalue weighted by Crippen LogP contribution is -2.14. The molecule has 0 aliphatic heterocycles. The Morgan fingerprint density at radius 2 is 2.00 bits per heavy atom. The van der Waals surface area contributed by atoms with Gasteiger partial charge in [-0.15, -0.1) is 10.2 Å². The van der Waals surface area contributed by atoms with Crippen LogP contribution in [-0.4, -0.2) is 29.0 Å². The van der Waals surface area contributed by atoms with E-state index in [1.54, 1.807) is 31.4 Å². The first-order valence-electron chi connectivity index (χ1n) is 7.90. The summed E-state index contributed by atoms with van der Waals surface area (Å²) in [4.78, 5) is 11.9. The summed E-state index contributed by atoms with van der Waals surface area (Å²) in [5.74, 6) is 0.895. The van der Waals surface area contributed by atoms with E-state index in [2.05, 4.69) is 15.5 Å². The van der Waals surface area contributed by atoms with Gasteiger partial charge in [0.05, 0.1) is 12.9 Å². The van der Waals surface area contributed by atoms with Crippen molar-refractivity contribution in [2.75, 3.05) is 18.2 Å². The van der Waals surface area contributed by atoms with Crippen molar-refractivity contribution < 1.29 is 23.1 Å². The Hall–Kier alpha value is -3.07. The highest BCUT2D eigenvalue weighted by atomic mass is 32.2. The predicted octanol–water partition coefficient (Wildman–Crippen LogP) is 3.53. The first-order chi connectivity index (χ1) is 13.1. The zero-order valence-corrected chi connectivity index (χ0v) is 15.2. The lowest BCUT2D eigenvalue weighted by Gasteiger charge is -2.05. The maximum atomic E-state index is 13.1. The fourth-order valence-electron chi connectivity index (χ4n) is 2.08. The fourth-order valence-corrected chi connectivity index (χ4v) is 2.66. The number of anilines is 1. The van der Waals surface area contributed by atoms with Crippen molar-refractivity contribution in [3.05, 3.63) is 60.2 Å². The van der Waals surface area contributed by atoms with Crippen molar-refractivity contribution in [3.63, 3.8) is 0 Å². The molecular weight excluding hydrogens is 373 g/mol. The summed E-state index contributed by atoms with van der Waals surface area (Å²) in [5, 5.41) is 10.6. The Bertz CT molecular complexity index is 919. The molecule has 1 heterocycles. The number of rotatable bonds is 8. The summed E-state index contributed by atoms with van der Waals surface area (Å²) >= 11 is 1.08. The Morgan fingerprint density at radius 1 is 1.19 bits per heavy atom.